The minimum Gasteiger partial charge on any atom is -0.472 e. The summed E-state index contributed by atoms with van der Waals surface area (Å²) in [6.07, 6.45) is 3.20. The van der Waals surface area contributed by atoms with Crippen LogP contribution in [0.5, 0.6) is 0 Å². The zero-order valence-electron chi connectivity index (χ0n) is 10.3. The van der Waals surface area contributed by atoms with Crippen molar-refractivity contribution in [1.29, 1.82) is 0 Å². The first kappa shape index (κ1) is 11.5. The summed E-state index contributed by atoms with van der Waals surface area (Å²) in [4.78, 5) is 19.2. The van der Waals surface area contributed by atoms with Crippen molar-refractivity contribution in [2.24, 2.45) is 0 Å². The van der Waals surface area contributed by atoms with E-state index in [9.17, 15) is 4.79 Å². The number of hydrogen-bond donors (Lipinski definition) is 1. The smallest absolute Gasteiger partial charge is 0.338 e. The molecule has 2 aromatic heterocycles. The Labute approximate surface area is 109 Å². The van der Waals surface area contributed by atoms with E-state index < -0.39 is 0 Å². The normalized spacial score (nSPS) is 10.8. The van der Waals surface area contributed by atoms with Crippen LogP contribution in [0.2, 0.25) is 0 Å². The first-order valence-corrected chi connectivity index (χ1v) is 5.97. The molecule has 0 amide bonds. The van der Waals surface area contributed by atoms with Gasteiger partial charge in [-0.2, -0.15) is 0 Å². The Morgan fingerprint density at radius 1 is 1.42 bits per heavy atom. The van der Waals surface area contributed by atoms with Crippen molar-refractivity contribution < 1.29 is 13.9 Å². The van der Waals surface area contributed by atoms with Crippen LogP contribution in [0.25, 0.3) is 22.4 Å². The molecule has 0 bridgehead atoms. The van der Waals surface area contributed by atoms with Gasteiger partial charge in [-0.1, -0.05) is 0 Å². The molecule has 0 atom stereocenters. The quantitative estimate of drug-likeness (QED) is 0.731. The Hall–Kier alpha value is -2.56. The number of rotatable bonds is 3. The van der Waals surface area contributed by atoms with Gasteiger partial charge in [-0.3, -0.25) is 0 Å². The first-order valence-electron chi connectivity index (χ1n) is 5.97. The minimum absolute atomic E-state index is 0.330. The monoisotopic (exact) mass is 256 g/mol. The molecule has 5 nitrogen and oxygen atoms in total. The lowest BCUT2D eigenvalue weighted by Crippen LogP contribution is -2.04. The molecule has 1 aromatic carbocycles. The highest BCUT2D eigenvalue weighted by Gasteiger charge is 2.10. The van der Waals surface area contributed by atoms with Gasteiger partial charge in [0.15, 0.2) is 0 Å². The number of carbonyl (C=O) groups excluding carboxylic acids is 1. The molecule has 3 aromatic rings. The minimum atomic E-state index is -0.330. The number of aromatic amines is 1. The van der Waals surface area contributed by atoms with Gasteiger partial charge in [0.25, 0.3) is 0 Å². The number of benzene rings is 1. The molecule has 0 saturated heterocycles. The lowest BCUT2D eigenvalue weighted by Gasteiger charge is -2.00. The lowest BCUT2D eigenvalue weighted by atomic mass is 10.2. The Kier molecular flexibility index (Phi) is 2.79. The molecule has 0 spiro atoms. The number of fused-ring (bicyclic) bond motifs is 1. The Morgan fingerprint density at radius 3 is 3.05 bits per heavy atom. The second-order valence-electron chi connectivity index (χ2n) is 4.05. The number of ether oxygens (including phenoxy) is 1. The second kappa shape index (κ2) is 4.61. The van der Waals surface area contributed by atoms with E-state index in [1.54, 1.807) is 37.6 Å². The van der Waals surface area contributed by atoms with Crippen molar-refractivity contribution in [3.05, 3.63) is 42.4 Å². The fourth-order valence-corrected chi connectivity index (χ4v) is 1.89. The Morgan fingerprint density at radius 2 is 2.32 bits per heavy atom. The van der Waals surface area contributed by atoms with E-state index >= 15 is 0 Å². The van der Waals surface area contributed by atoms with Crippen LogP contribution in [0.15, 0.2) is 41.2 Å². The first-order chi connectivity index (χ1) is 9.28. The molecule has 0 fully saturated rings. The average Bonchev–Trinajstić information content (AvgIpc) is 3.07. The largest absolute Gasteiger partial charge is 0.472 e. The van der Waals surface area contributed by atoms with Gasteiger partial charge >= 0.3 is 5.97 Å². The topological polar surface area (TPSA) is 68.1 Å². The number of esters is 1. The third-order valence-corrected chi connectivity index (χ3v) is 2.79. The van der Waals surface area contributed by atoms with Gasteiger partial charge < -0.3 is 14.1 Å². The van der Waals surface area contributed by atoms with E-state index in [1.807, 2.05) is 6.07 Å². The third-order valence-electron chi connectivity index (χ3n) is 2.79. The zero-order chi connectivity index (χ0) is 13.2. The molecule has 0 aliphatic heterocycles. The summed E-state index contributed by atoms with van der Waals surface area (Å²) in [5.41, 5.74) is 2.97. The van der Waals surface area contributed by atoms with E-state index in [4.69, 9.17) is 9.15 Å². The predicted octanol–water partition coefficient (Wildman–Crippen LogP) is 3.00. The lowest BCUT2D eigenvalue weighted by molar-refractivity contribution is 0.0526. The maximum absolute atomic E-state index is 11.7. The fraction of sp³-hybridized carbons (Fsp3) is 0.143. The number of hydrogen-bond acceptors (Lipinski definition) is 4. The molecule has 5 heteroatoms. The standard InChI is InChI=1S/C14H12N2O3/c1-2-19-14(17)9-3-4-11-12(7-9)16-13(15-11)10-5-6-18-8-10/h3-8H,2H2,1H3,(H,15,16). The molecule has 0 aliphatic carbocycles. The molecule has 2 heterocycles. The summed E-state index contributed by atoms with van der Waals surface area (Å²) in [7, 11) is 0. The summed E-state index contributed by atoms with van der Waals surface area (Å²) in [6, 6.07) is 7.07. The van der Waals surface area contributed by atoms with Crippen LogP contribution in [-0.4, -0.2) is 22.5 Å². The van der Waals surface area contributed by atoms with Crippen molar-refractivity contribution in [1.82, 2.24) is 9.97 Å². The molecule has 0 saturated carbocycles. The van der Waals surface area contributed by atoms with Crippen LogP contribution in [0.1, 0.15) is 17.3 Å². The van der Waals surface area contributed by atoms with Gasteiger partial charge in [0.1, 0.15) is 12.1 Å². The van der Waals surface area contributed by atoms with Crippen LogP contribution in [-0.2, 0) is 4.74 Å². The molecule has 19 heavy (non-hydrogen) atoms. The summed E-state index contributed by atoms with van der Waals surface area (Å²) in [5, 5.41) is 0. The van der Waals surface area contributed by atoms with Gasteiger partial charge in [0.2, 0.25) is 0 Å². The van der Waals surface area contributed by atoms with Gasteiger partial charge in [0.05, 0.1) is 35.0 Å². The maximum Gasteiger partial charge on any atom is 0.338 e. The van der Waals surface area contributed by atoms with E-state index in [0.717, 1.165) is 16.6 Å². The van der Waals surface area contributed by atoms with Gasteiger partial charge in [-0.05, 0) is 31.2 Å². The highest BCUT2D eigenvalue weighted by atomic mass is 16.5. The van der Waals surface area contributed by atoms with Gasteiger partial charge in [-0.25, -0.2) is 9.78 Å². The summed E-state index contributed by atoms with van der Waals surface area (Å²) < 4.78 is 9.99. The van der Waals surface area contributed by atoms with E-state index in [1.165, 1.54) is 0 Å². The summed E-state index contributed by atoms with van der Waals surface area (Å²) in [6.45, 7) is 2.14. The number of furan rings is 1. The summed E-state index contributed by atoms with van der Waals surface area (Å²) >= 11 is 0. The highest BCUT2D eigenvalue weighted by Crippen LogP contribution is 2.21. The number of imidazole rings is 1. The third kappa shape index (κ3) is 2.10. The van der Waals surface area contributed by atoms with Gasteiger partial charge in [-0.15, -0.1) is 0 Å². The zero-order valence-corrected chi connectivity index (χ0v) is 10.3. The highest BCUT2D eigenvalue weighted by molar-refractivity contribution is 5.94. The second-order valence-corrected chi connectivity index (χ2v) is 4.05. The van der Waals surface area contributed by atoms with E-state index in [2.05, 4.69) is 9.97 Å². The van der Waals surface area contributed by atoms with Crippen LogP contribution in [0.3, 0.4) is 0 Å². The van der Waals surface area contributed by atoms with Crippen LogP contribution < -0.4 is 0 Å². The van der Waals surface area contributed by atoms with Crippen LogP contribution in [0.4, 0.5) is 0 Å². The molecule has 1 N–H and O–H groups in total. The molecular formula is C14H12N2O3. The van der Waals surface area contributed by atoms with Crippen LogP contribution in [0, 0.1) is 0 Å². The van der Waals surface area contributed by atoms with Crippen molar-refractivity contribution in [3.8, 4) is 11.4 Å². The molecule has 0 aliphatic rings. The molecule has 0 radical (unpaired) electrons. The molecule has 0 unspecified atom stereocenters. The van der Waals surface area contributed by atoms with Gasteiger partial charge in [0, 0.05) is 0 Å². The van der Waals surface area contributed by atoms with Crippen molar-refractivity contribution in [2.75, 3.05) is 6.61 Å². The molecule has 3 rings (SSSR count). The number of H-pyrrole nitrogens is 1. The summed E-state index contributed by atoms with van der Waals surface area (Å²) in [5.74, 6) is 0.383. The number of aromatic nitrogens is 2. The fourth-order valence-electron chi connectivity index (χ4n) is 1.89. The Bertz CT molecular complexity index is 713. The van der Waals surface area contributed by atoms with Crippen molar-refractivity contribution >= 4 is 17.0 Å². The number of nitrogens with one attached hydrogen (secondary N) is 1. The van der Waals surface area contributed by atoms with E-state index in [-0.39, 0.29) is 5.97 Å². The molecular weight excluding hydrogens is 244 g/mol. The predicted molar refractivity (Wildman–Crippen MR) is 69.8 cm³/mol. The number of nitrogens with zero attached hydrogens (tertiary/aromatic N) is 1. The SMILES string of the molecule is CCOC(=O)c1ccc2nc(-c3ccoc3)[nH]c2c1. The maximum atomic E-state index is 11.7. The number of carbonyl (C=O) groups is 1. The van der Waals surface area contributed by atoms with E-state index in [0.29, 0.717) is 18.0 Å². The van der Waals surface area contributed by atoms with Crippen molar-refractivity contribution in [2.45, 2.75) is 6.92 Å². The average molecular weight is 256 g/mol. The van der Waals surface area contributed by atoms with Crippen molar-refractivity contribution in [3.63, 3.8) is 0 Å². The van der Waals surface area contributed by atoms with Crippen LogP contribution >= 0.6 is 0 Å². The Balaban J connectivity index is 2.02. The molecule has 96 valence electrons.